The Bertz CT molecular complexity index is 1190. The molecule has 2 aliphatic heterocycles. The van der Waals surface area contributed by atoms with Crippen LogP contribution in [0.1, 0.15) is 34.5 Å². The first-order valence-electron chi connectivity index (χ1n) is 10.8. The summed E-state index contributed by atoms with van der Waals surface area (Å²) in [5.74, 6) is -0.672. The predicted octanol–water partition coefficient (Wildman–Crippen LogP) is 1.83. The number of amides is 1. The van der Waals surface area contributed by atoms with Crippen LogP contribution >= 0.6 is 0 Å². The molecule has 2 aliphatic rings. The molecule has 7 N–H and O–H groups in total. The van der Waals surface area contributed by atoms with E-state index in [1.165, 1.54) is 12.3 Å². The molecule has 4 rings (SSSR count). The minimum atomic E-state index is -0.486. The van der Waals surface area contributed by atoms with Crippen molar-refractivity contribution in [1.29, 1.82) is 10.8 Å². The highest BCUT2D eigenvalue weighted by atomic mass is 19.1. The van der Waals surface area contributed by atoms with E-state index < -0.39 is 11.7 Å². The second-order valence-electron chi connectivity index (χ2n) is 8.06. The number of nitrogens with two attached hydrogens (primary N) is 2. The first-order chi connectivity index (χ1) is 16.3. The van der Waals surface area contributed by atoms with E-state index in [0.29, 0.717) is 50.3 Å². The van der Waals surface area contributed by atoms with E-state index in [1.807, 2.05) is 12.2 Å². The van der Waals surface area contributed by atoms with Gasteiger partial charge < -0.3 is 26.6 Å². The molecule has 176 valence electrons. The van der Waals surface area contributed by atoms with Gasteiger partial charge in [-0.1, -0.05) is 18.2 Å². The van der Waals surface area contributed by atoms with Crippen molar-refractivity contribution in [1.82, 2.24) is 19.8 Å². The Morgan fingerprint density at radius 2 is 1.62 bits per heavy atom. The van der Waals surface area contributed by atoms with Crippen LogP contribution in [0.25, 0.3) is 11.1 Å². The number of aromatic nitrogens is 2. The largest absolute Gasteiger partial charge is 0.370 e. The summed E-state index contributed by atoms with van der Waals surface area (Å²) in [4.78, 5) is 24.7. The summed E-state index contributed by atoms with van der Waals surface area (Å²) < 4.78 is 14.8. The summed E-state index contributed by atoms with van der Waals surface area (Å²) in [5.41, 5.74) is 14.1. The molecular formula is C23H26FN9O. The molecule has 10 nitrogen and oxygen atoms in total. The van der Waals surface area contributed by atoms with Crippen molar-refractivity contribution in [2.45, 2.75) is 12.8 Å². The Balaban J connectivity index is 1.40. The average Bonchev–Trinajstić information content (AvgIpc) is 2.84. The standard InChI is InChI=1S/C23H26FN9O/c24-18-11-16(1-2-17(18)14-3-7-32(8-4-14)22(25)26)21(34)31-20-13-29-19(12-30-20)15-5-9-33(10-6-15)23(27)28/h1-3,5,11-13H,4,6-10H2,(H3,25,26)(H3,27,28)(H,30,31,34). The van der Waals surface area contributed by atoms with Crippen molar-refractivity contribution in [2.75, 3.05) is 31.5 Å². The van der Waals surface area contributed by atoms with Gasteiger partial charge in [-0.2, -0.15) is 0 Å². The summed E-state index contributed by atoms with van der Waals surface area (Å²) in [6, 6.07) is 4.37. The molecule has 0 spiro atoms. The lowest BCUT2D eigenvalue weighted by atomic mass is 9.97. The monoisotopic (exact) mass is 463 g/mol. The molecule has 2 aromatic rings. The van der Waals surface area contributed by atoms with Gasteiger partial charge >= 0.3 is 0 Å². The van der Waals surface area contributed by atoms with Crippen LogP contribution < -0.4 is 16.8 Å². The van der Waals surface area contributed by atoms with E-state index in [1.54, 1.807) is 28.1 Å². The molecule has 1 amide bonds. The van der Waals surface area contributed by atoms with E-state index in [0.717, 1.165) is 11.1 Å². The number of anilines is 1. The van der Waals surface area contributed by atoms with Gasteiger partial charge in [-0.3, -0.25) is 20.6 Å². The van der Waals surface area contributed by atoms with Crippen molar-refractivity contribution >= 4 is 34.8 Å². The molecule has 11 heteroatoms. The second kappa shape index (κ2) is 9.69. The number of nitrogens with zero attached hydrogens (tertiary/aromatic N) is 4. The summed E-state index contributed by atoms with van der Waals surface area (Å²) in [6.07, 6.45) is 8.09. The van der Waals surface area contributed by atoms with Crippen LogP contribution in [-0.2, 0) is 0 Å². The fraction of sp³-hybridized carbons (Fsp3) is 0.261. The molecule has 3 heterocycles. The molecule has 0 radical (unpaired) electrons. The fourth-order valence-electron chi connectivity index (χ4n) is 3.92. The Morgan fingerprint density at radius 1 is 0.971 bits per heavy atom. The number of hydrogen-bond donors (Lipinski definition) is 5. The lowest BCUT2D eigenvalue weighted by Crippen LogP contribution is -2.39. The van der Waals surface area contributed by atoms with Gasteiger partial charge in [-0.15, -0.1) is 0 Å². The van der Waals surface area contributed by atoms with Gasteiger partial charge in [-0.05, 0) is 36.1 Å². The summed E-state index contributed by atoms with van der Waals surface area (Å²) in [7, 11) is 0. The van der Waals surface area contributed by atoms with E-state index >= 15 is 0 Å². The summed E-state index contributed by atoms with van der Waals surface area (Å²) in [6.45, 7) is 2.17. The number of rotatable bonds is 4. The lowest BCUT2D eigenvalue weighted by molar-refractivity contribution is 0.102. The summed E-state index contributed by atoms with van der Waals surface area (Å²) in [5, 5.41) is 17.6. The highest BCUT2D eigenvalue weighted by Crippen LogP contribution is 2.26. The molecule has 0 saturated carbocycles. The van der Waals surface area contributed by atoms with Crippen molar-refractivity contribution in [2.24, 2.45) is 11.5 Å². The SMILES string of the molecule is N=C(N)N1CC=C(c2cnc(NC(=O)c3ccc(C4=CCN(C(=N)N)CC4)c(F)c3)cn2)CC1. The third kappa shape index (κ3) is 5.03. The van der Waals surface area contributed by atoms with Gasteiger partial charge in [0.05, 0.1) is 18.1 Å². The van der Waals surface area contributed by atoms with E-state index in [9.17, 15) is 9.18 Å². The zero-order chi connectivity index (χ0) is 24.2. The van der Waals surface area contributed by atoms with Gasteiger partial charge in [0.25, 0.3) is 5.91 Å². The van der Waals surface area contributed by atoms with Gasteiger partial charge in [0.15, 0.2) is 17.7 Å². The molecule has 0 aliphatic carbocycles. The fourth-order valence-corrected chi connectivity index (χ4v) is 3.92. The highest BCUT2D eigenvalue weighted by Gasteiger charge is 2.18. The maximum Gasteiger partial charge on any atom is 0.256 e. The van der Waals surface area contributed by atoms with Crippen LogP contribution in [0.15, 0.2) is 42.7 Å². The number of guanidine groups is 2. The van der Waals surface area contributed by atoms with Gasteiger partial charge in [0.1, 0.15) is 5.82 Å². The zero-order valence-electron chi connectivity index (χ0n) is 18.5. The van der Waals surface area contributed by atoms with Gasteiger partial charge in [-0.25, -0.2) is 9.37 Å². The van der Waals surface area contributed by atoms with Crippen LogP contribution in [0, 0.1) is 16.6 Å². The van der Waals surface area contributed by atoms with E-state index in [-0.39, 0.29) is 23.3 Å². The van der Waals surface area contributed by atoms with Crippen molar-refractivity contribution < 1.29 is 9.18 Å². The molecule has 0 atom stereocenters. The van der Waals surface area contributed by atoms with Crippen molar-refractivity contribution in [3.8, 4) is 0 Å². The number of hydrogen-bond acceptors (Lipinski definition) is 5. The van der Waals surface area contributed by atoms with Crippen molar-refractivity contribution in [3.63, 3.8) is 0 Å². The molecule has 0 bridgehead atoms. The minimum absolute atomic E-state index is 0.00554. The Hall–Kier alpha value is -4.28. The van der Waals surface area contributed by atoms with Crippen molar-refractivity contribution in [3.05, 3.63) is 65.4 Å². The molecule has 1 aromatic carbocycles. The number of benzene rings is 1. The Labute approximate surface area is 196 Å². The van der Waals surface area contributed by atoms with Crippen LogP contribution in [-0.4, -0.2) is 63.8 Å². The normalized spacial score (nSPS) is 15.9. The maximum absolute atomic E-state index is 14.8. The van der Waals surface area contributed by atoms with E-state index in [4.69, 9.17) is 22.3 Å². The van der Waals surface area contributed by atoms with E-state index in [2.05, 4.69) is 15.3 Å². The topological polar surface area (TPSA) is 161 Å². The zero-order valence-corrected chi connectivity index (χ0v) is 18.5. The summed E-state index contributed by atoms with van der Waals surface area (Å²) >= 11 is 0. The third-order valence-corrected chi connectivity index (χ3v) is 5.90. The average molecular weight is 464 g/mol. The molecule has 0 fully saturated rings. The maximum atomic E-state index is 14.8. The number of carbonyl (C=O) groups excluding carboxylic acids is 1. The highest BCUT2D eigenvalue weighted by molar-refractivity contribution is 6.03. The molecular weight excluding hydrogens is 437 g/mol. The Morgan fingerprint density at radius 3 is 2.12 bits per heavy atom. The number of carbonyl (C=O) groups is 1. The van der Waals surface area contributed by atoms with Crippen LogP contribution in [0.2, 0.25) is 0 Å². The quantitative estimate of drug-likeness (QED) is 0.341. The lowest BCUT2D eigenvalue weighted by Gasteiger charge is -2.26. The Kier molecular flexibility index (Phi) is 6.53. The molecule has 0 unspecified atom stereocenters. The van der Waals surface area contributed by atoms with Gasteiger partial charge in [0.2, 0.25) is 0 Å². The van der Waals surface area contributed by atoms with Crippen LogP contribution in [0.4, 0.5) is 10.2 Å². The third-order valence-electron chi connectivity index (χ3n) is 5.90. The van der Waals surface area contributed by atoms with Crippen LogP contribution in [0.3, 0.4) is 0 Å². The van der Waals surface area contributed by atoms with Crippen LogP contribution in [0.5, 0.6) is 0 Å². The molecule has 1 aromatic heterocycles. The number of nitrogens with one attached hydrogen (secondary N) is 3. The minimum Gasteiger partial charge on any atom is -0.370 e. The number of halogens is 1. The smallest absolute Gasteiger partial charge is 0.256 e. The molecule has 0 saturated heterocycles. The second-order valence-corrected chi connectivity index (χ2v) is 8.06. The first kappa shape index (κ1) is 22.9. The first-order valence-corrected chi connectivity index (χ1v) is 10.8. The predicted molar refractivity (Wildman–Crippen MR) is 129 cm³/mol. The molecule has 34 heavy (non-hydrogen) atoms. The van der Waals surface area contributed by atoms with Gasteiger partial charge in [0, 0.05) is 37.3 Å².